The Morgan fingerprint density at radius 1 is 1.12 bits per heavy atom. The van der Waals surface area contributed by atoms with Crippen molar-refractivity contribution in [2.75, 3.05) is 11.5 Å². The van der Waals surface area contributed by atoms with Crippen molar-refractivity contribution in [1.82, 2.24) is 0 Å². The summed E-state index contributed by atoms with van der Waals surface area (Å²) in [7, 11) is 0. The highest BCUT2D eigenvalue weighted by atomic mass is 32.2. The van der Waals surface area contributed by atoms with Crippen LogP contribution in [0.1, 0.15) is 12.0 Å². The largest absolute Gasteiger partial charge is 0.399 e. The second-order valence-corrected chi connectivity index (χ2v) is 5.97. The average molecular weight is 249 g/mol. The van der Waals surface area contributed by atoms with E-state index in [4.69, 9.17) is 5.73 Å². The van der Waals surface area contributed by atoms with Crippen LogP contribution in [0.2, 0.25) is 0 Å². The number of thioether (sulfide) groups is 1. The van der Waals surface area contributed by atoms with Gasteiger partial charge in [0.05, 0.1) is 4.21 Å². The zero-order valence-corrected chi connectivity index (χ0v) is 10.7. The summed E-state index contributed by atoms with van der Waals surface area (Å²) in [5.41, 5.74) is 7.86. The van der Waals surface area contributed by atoms with Gasteiger partial charge in [-0.15, -0.1) is 23.1 Å². The molecular formula is C13H15NS2. The molecule has 0 amide bonds. The molecule has 2 aromatic rings. The van der Waals surface area contributed by atoms with Gasteiger partial charge in [-0.1, -0.05) is 18.2 Å². The number of nitrogens with two attached hydrogens (primary N) is 1. The molecule has 84 valence electrons. The zero-order chi connectivity index (χ0) is 11.2. The fraction of sp³-hybridized carbons (Fsp3) is 0.231. The molecule has 0 radical (unpaired) electrons. The van der Waals surface area contributed by atoms with Gasteiger partial charge in [0, 0.05) is 5.69 Å². The van der Waals surface area contributed by atoms with Crippen LogP contribution in [0.5, 0.6) is 0 Å². The molecule has 1 aromatic heterocycles. The Kier molecular flexibility index (Phi) is 4.31. The second kappa shape index (κ2) is 5.97. The summed E-state index contributed by atoms with van der Waals surface area (Å²) in [6.45, 7) is 0. The van der Waals surface area contributed by atoms with Gasteiger partial charge in [0.15, 0.2) is 0 Å². The van der Waals surface area contributed by atoms with Crippen LogP contribution in [0, 0.1) is 0 Å². The number of anilines is 1. The molecule has 0 unspecified atom stereocenters. The maximum Gasteiger partial charge on any atom is 0.0598 e. The van der Waals surface area contributed by atoms with E-state index in [2.05, 4.69) is 29.6 Å². The predicted molar refractivity (Wildman–Crippen MR) is 74.2 cm³/mol. The van der Waals surface area contributed by atoms with Crippen LogP contribution < -0.4 is 5.73 Å². The summed E-state index contributed by atoms with van der Waals surface area (Å²) in [6.07, 6.45) is 2.35. The molecule has 0 spiro atoms. The van der Waals surface area contributed by atoms with Crippen LogP contribution in [-0.4, -0.2) is 5.75 Å². The van der Waals surface area contributed by atoms with E-state index in [0.29, 0.717) is 0 Å². The van der Waals surface area contributed by atoms with Crippen molar-refractivity contribution in [1.29, 1.82) is 0 Å². The number of nitrogen functional groups attached to an aromatic ring is 1. The first-order chi connectivity index (χ1) is 7.84. The summed E-state index contributed by atoms with van der Waals surface area (Å²) in [5, 5.41) is 2.13. The molecule has 2 N–H and O–H groups in total. The molecule has 0 atom stereocenters. The molecule has 0 aliphatic rings. The average Bonchev–Trinajstić information content (AvgIpc) is 2.80. The van der Waals surface area contributed by atoms with Crippen molar-refractivity contribution in [2.45, 2.75) is 17.1 Å². The van der Waals surface area contributed by atoms with Gasteiger partial charge in [0.25, 0.3) is 0 Å². The molecule has 2 rings (SSSR count). The highest BCUT2D eigenvalue weighted by molar-refractivity contribution is 8.01. The maximum atomic E-state index is 5.64. The van der Waals surface area contributed by atoms with E-state index in [1.807, 2.05) is 35.2 Å². The van der Waals surface area contributed by atoms with Gasteiger partial charge < -0.3 is 5.73 Å². The van der Waals surface area contributed by atoms with Gasteiger partial charge in [-0.2, -0.15) is 0 Å². The summed E-state index contributed by atoms with van der Waals surface area (Å²) >= 11 is 3.76. The number of hydrogen-bond donors (Lipinski definition) is 1. The minimum atomic E-state index is 0.844. The van der Waals surface area contributed by atoms with Crippen molar-refractivity contribution < 1.29 is 0 Å². The monoisotopic (exact) mass is 249 g/mol. The molecule has 0 saturated heterocycles. The molecule has 0 fully saturated rings. The molecule has 0 saturated carbocycles. The van der Waals surface area contributed by atoms with Gasteiger partial charge in [-0.05, 0) is 47.7 Å². The Morgan fingerprint density at radius 3 is 2.62 bits per heavy atom. The lowest BCUT2D eigenvalue weighted by atomic mass is 10.1. The first-order valence-electron chi connectivity index (χ1n) is 5.35. The van der Waals surface area contributed by atoms with E-state index in [1.165, 1.54) is 21.9 Å². The summed E-state index contributed by atoms with van der Waals surface area (Å²) in [4.78, 5) is 0. The number of benzene rings is 1. The first kappa shape index (κ1) is 11.6. The lowest BCUT2D eigenvalue weighted by Crippen LogP contribution is -1.89. The van der Waals surface area contributed by atoms with Crippen molar-refractivity contribution in [2.24, 2.45) is 0 Å². The van der Waals surface area contributed by atoms with Crippen molar-refractivity contribution >= 4 is 28.8 Å². The number of thiophene rings is 1. The Morgan fingerprint density at radius 2 is 1.94 bits per heavy atom. The maximum absolute atomic E-state index is 5.64. The lowest BCUT2D eigenvalue weighted by Gasteiger charge is -2.01. The smallest absolute Gasteiger partial charge is 0.0598 e. The van der Waals surface area contributed by atoms with Gasteiger partial charge in [0.2, 0.25) is 0 Å². The fourth-order valence-electron chi connectivity index (χ4n) is 1.48. The lowest BCUT2D eigenvalue weighted by molar-refractivity contribution is 0.934. The van der Waals surface area contributed by atoms with Crippen molar-refractivity contribution in [3.8, 4) is 0 Å². The Balaban J connectivity index is 1.70. The van der Waals surface area contributed by atoms with E-state index < -0.39 is 0 Å². The number of hydrogen-bond acceptors (Lipinski definition) is 3. The standard InChI is InChI=1S/C13H15NS2/c14-12-7-5-11(6-8-12)3-1-9-15-13-4-2-10-16-13/h2,4-8,10H,1,3,9,14H2. The van der Waals surface area contributed by atoms with Crippen LogP contribution in [0.25, 0.3) is 0 Å². The topological polar surface area (TPSA) is 26.0 Å². The highest BCUT2D eigenvalue weighted by Gasteiger charge is 1.96. The molecule has 0 aliphatic carbocycles. The molecule has 1 nitrogen and oxygen atoms in total. The molecule has 0 aliphatic heterocycles. The zero-order valence-electron chi connectivity index (χ0n) is 9.06. The Labute approximate surface area is 105 Å². The van der Waals surface area contributed by atoms with Crippen LogP contribution in [0.15, 0.2) is 46.0 Å². The third kappa shape index (κ3) is 3.58. The summed E-state index contributed by atoms with van der Waals surface area (Å²) in [5.74, 6) is 1.19. The van der Waals surface area contributed by atoms with Gasteiger partial charge >= 0.3 is 0 Å². The Bertz CT molecular complexity index is 406. The second-order valence-electron chi connectivity index (χ2n) is 3.63. The van der Waals surface area contributed by atoms with E-state index in [-0.39, 0.29) is 0 Å². The van der Waals surface area contributed by atoms with E-state index in [9.17, 15) is 0 Å². The molecule has 3 heteroatoms. The third-order valence-electron chi connectivity index (χ3n) is 2.33. The fourth-order valence-corrected chi connectivity index (χ4v) is 3.28. The van der Waals surface area contributed by atoms with E-state index >= 15 is 0 Å². The SMILES string of the molecule is Nc1ccc(CCCSc2cccs2)cc1. The first-order valence-corrected chi connectivity index (χ1v) is 7.22. The van der Waals surface area contributed by atoms with Crippen LogP contribution in [0.4, 0.5) is 5.69 Å². The minimum absolute atomic E-state index is 0.844. The van der Waals surface area contributed by atoms with E-state index in [0.717, 1.165) is 12.1 Å². The molecule has 0 bridgehead atoms. The number of rotatable bonds is 5. The van der Waals surface area contributed by atoms with Crippen LogP contribution >= 0.6 is 23.1 Å². The van der Waals surface area contributed by atoms with Gasteiger partial charge in [0.1, 0.15) is 0 Å². The molecule has 1 aromatic carbocycles. The van der Waals surface area contributed by atoms with Crippen LogP contribution in [0.3, 0.4) is 0 Å². The third-order valence-corrected chi connectivity index (χ3v) is 4.55. The van der Waals surface area contributed by atoms with Crippen molar-refractivity contribution in [3.05, 3.63) is 47.3 Å². The molecular weight excluding hydrogens is 234 g/mol. The normalized spacial score (nSPS) is 10.5. The van der Waals surface area contributed by atoms with Crippen molar-refractivity contribution in [3.63, 3.8) is 0 Å². The summed E-state index contributed by atoms with van der Waals surface area (Å²) < 4.78 is 1.41. The summed E-state index contributed by atoms with van der Waals surface area (Å²) in [6, 6.07) is 12.5. The highest BCUT2D eigenvalue weighted by Crippen LogP contribution is 2.24. The van der Waals surface area contributed by atoms with Gasteiger partial charge in [-0.25, -0.2) is 0 Å². The number of aryl methyl sites for hydroxylation is 1. The molecule has 1 heterocycles. The molecule has 16 heavy (non-hydrogen) atoms. The predicted octanol–water partition coefficient (Wildman–Crippen LogP) is 4.06. The van der Waals surface area contributed by atoms with Crippen LogP contribution in [-0.2, 0) is 6.42 Å². The Hall–Kier alpha value is -0.930. The van der Waals surface area contributed by atoms with E-state index in [1.54, 1.807) is 0 Å². The quantitative estimate of drug-likeness (QED) is 0.491. The minimum Gasteiger partial charge on any atom is -0.399 e. The van der Waals surface area contributed by atoms with Gasteiger partial charge in [-0.3, -0.25) is 0 Å².